The summed E-state index contributed by atoms with van der Waals surface area (Å²) in [6, 6.07) is 14.0. The van der Waals surface area contributed by atoms with Gasteiger partial charge in [-0.3, -0.25) is 9.07 Å². The zero-order valence-corrected chi connectivity index (χ0v) is 14.2. The maximum atomic E-state index is 6.48. The number of hydrogen-bond acceptors (Lipinski definition) is 2. The number of benzene rings is 2. The molecule has 0 aliphatic rings. The van der Waals surface area contributed by atoms with E-state index in [0.717, 1.165) is 26.9 Å². The summed E-state index contributed by atoms with van der Waals surface area (Å²) in [6.45, 7) is 0. The zero-order chi connectivity index (χ0) is 15.8. The van der Waals surface area contributed by atoms with Gasteiger partial charge in [0.15, 0.2) is 0 Å². The van der Waals surface area contributed by atoms with Crippen molar-refractivity contribution in [2.75, 3.05) is 0 Å². The van der Waals surface area contributed by atoms with Crippen molar-refractivity contribution >= 4 is 46.1 Å². The second kappa shape index (κ2) is 5.96. The van der Waals surface area contributed by atoms with Crippen molar-refractivity contribution in [1.29, 1.82) is 0 Å². The van der Waals surface area contributed by atoms with Gasteiger partial charge in [-0.05, 0) is 30.1 Å². The van der Waals surface area contributed by atoms with Gasteiger partial charge in [0.1, 0.15) is 0 Å². The molecule has 0 atom stereocenters. The number of rotatable bonds is 3. The Bertz CT molecular complexity index is 963. The van der Waals surface area contributed by atoms with E-state index in [4.69, 9.17) is 23.2 Å². The predicted octanol–water partition coefficient (Wildman–Crippen LogP) is 5.89. The van der Waals surface area contributed by atoms with Crippen molar-refractivity contribution in [3.8, 4) is 11.1 Å². The van der Waals surface area contributed by atoms with Crippen molar-refractivity contribution < 1.29 is 0 Å². The average molecular weight is 360 g/mol. The maximum absolute atomic E-state index is 6.48. The number of halogens is 2. The number of aromatic amines is 1. The van der Waals surface area contributed by atoms with Crippen LogP contribution in [0.25, 0.3) is 22.0 Å². The molecule has 2 aromatic carbocycles. The minimum atomic E-state index is 0.547. The Morgan fingerprint density at radius 2 is 1.87 bits per heavy atom. The lowest BCUT2D eigenvalue weighted by Crippen LogP contribution is -1.85. The molecular weight excluding hydrogens is 349 g/mol. The van der Waals surface area contributed by atoms with Gasteiger partial charge in [-0.15, -0.1) is 0 Å². The molecule has 0 saturated carbocycles. The van der Waals surface area contributed by atoms with E-state index in [0.29, 0.717) is 10.0 Å². The van der Waals surface area contributed by atoms with Crippen LogP contribution in [0.2, 0.25) is 10.0 Å². The molecule has 114 valence electrons. The molecule has 4 rings (SSSR count). The molecule has 2 aromatic heterocycles. The van der Waals surface area contributed by atoms with Gasteiger partial charge in [0.2, 0.25) is 0 Å². The van der Waals surface area contributed by atoms with E-state index in [1.165, 1.54) is 0 Å². The van der Waals surface area contributed by atoms with Crippen molar-refractivity contribution in [3.63, 3.8) is 0 Å². The fourth-order valence-corrected chi connectivity index (χ4v) is 3.92. The smallest absolute Gasteiger partial charge is 0.0844 e. The van der Waals surface area contributed by atoms with E-state index in [9.17, 15) is 0 Å². The minimum absolute atomic E-state index is 0.547. The molecule has 23 heavy (non-hydrogen) atoms. The first kappa shape index (κ1) is 14.7. The van der Waals surface area contributed by atoms with Gasteiger partial charge in [0.05, 0.1) is 21.8 Å². The predicted molar refractivity (Wildman–Crippen MR) is 97.2 cm³/mol. The Kier molecular flexibility index (Phi) is 3.81. The molecule has 2 heterocycles. The number of H-pyrrole nitrogens is 1. The zero-order valence-electron chi connectivity index (χ0n) is 11.8. The van der Waals surface area contributed by atoms with E-state index in [2.05, 4.69) is 32.5 Å². The molecule has 0 aliphatic carbocycles. The maximum Gasteiger partial charge on any atom is 0.0844 e. The van der Waals surface area contributed by atoms with E-state index in [-0.39, 0.29) is 0 Å². The highest BCUT2D eigenvalue weighted by Gasteiger charge is 2.16. The van der Waals surface area contributed by atoms with Crippen LogP contribution in [-0.2, 0) is 0 Å². The van der Waals surface area contributed by atoms with Crippen LogP contribution >= 0.6 is 35.1 Å². The third-order valence-electron chi connectivity index (χ3n) is 3.58. The number of aromatic nitrogens is 3. The Morgan fingerprint density at radius 3 is 2.61 bits per heavy atom. The molecule has 3 nitrogen and oxygen atoms in total. The van der Waals surface area contributed by atoms with Gasteiger partial charge in [0.25, 0.3) is 0 Å². The van der Waals surface area contributed by atoms with Gasteiger partial charge in [0, 0.05) is 33.8 Å². The number of nitrogens with zero attached hydrogens (tertiary/aromatic N) is 2. The summed E-state index contributed by atoms with van der Waals surface area (Å²) in [6.07, 6.45) is 5.74. The Labute approximate surface area is 147 Å². The topological polar surface area (TPSA) is 33.6 Å². The van der Waals surface area contributed by atoms with Crippen LogP contribution in [0.1, 0.15) is 0 Å². The largest absolute Gasteiger partial charge is 0.285 e. The summed E-state index contributed by atoms with van der Waals surface area (Å²) in [4.78, 5) is 1.12. The number of hydrogen-bond donors (Lipinski definition) is 1. The van der Waals surface area contributed by atoms with Crippen molar-refractivity contribution in [2.45, 2.75) is 4.90 Å². The fraction of sp³-hybridized carbons (Fsp3) is 0. The monoisotopic (exact) mass is 359 g/mol. The van der Waals surface area contributed by atoms with Crippen molar-refractivity contribution in [3.05, 3.63) is 71.1 Å². The standard InChI is InChI=1S/C17H11Cl2N3S/c18-15-7-6-13-14(11-8-20-21-9-11)10-22(17(13)16(15)19)23-12-4-2-1-3-5-12/h1-10H,(H,20,21). The summed E-state index contributed by atoms with van der Waals surface area (Å²) in [5, 5.41) is 9.04. The van der Waals surface area contributed by atoms with Crippen LogP contribution < -0.4 is 0 Å². The van der Waals surface area contributed by atoms with Crippen molar-refractivity contribution in [1.82, 2.24) is 14.2 Å². The van der Waals surface area contributed by atoms with E-state index in [1.807, 2.05) is 36.5 Å². The number of nitrogens with one attached hydrogen (secondary N) is 1. The third-order valence-corrected chi connectivity index (χ3v) is 5.34. The minimum Gasteiger partial charge on any atom is -0.285 e. The molecule has 0 bridgehead atoms. The number of fused-ring (bicyclic) bond motifs is 1. The molecular formula is C17H11Cl2N3S. The SMILES string of the molecule is Clc1ccc2c(-c3cn[nH]c3)cn(Sc3ccccc3)c2c1Cl. The summed E-state index contributed by atoms with van der Waals surface area (Å²) in [5.41, 5.74) is 2.99. The summed E-state index contributed by atoms with van der Waals surface area (Å²) >= 11 is 14.3. The van der Waals surface area contributed by atoms with Gasteiger partial charge < -0.3 is 0 Å². The highest BCUT2D eigenvalue weighted by atomic mass is 35.5. The van der Waals surface area contributed by atoms with Gasteiger partial charge in [-0.25, -0.2) is 0 Å². The lowest BCUT2D eigenvalue weighted by molar-refractivity contribution is 1.09. The highest BCUT2D eigenvalue weighted by molar-refractivity contribution is 7.98. The quantitative estimate of drug-likeness (QED) is 0.494. The second-order valence-electron chi connectivity index (χ2n) is 5.02. The lowest BCUT2D eigenvalue weighted by Gasteiger charge is -2.06. The van der Waals surface area contributed by atoms with Crippen LogP contribution in [0.4, 0.5) is 0 Å². The van der Waals surface area contributed by atoms with Crippen LogP contribution in [0.5, 0.6) is 0 Å². The molecule has 0 unspecified atom stereocenters. The van der Waals surface area contributed by atoms with Crippen LogP contribution in [0.15, 0.2) is 66.0 Å². The van der Waals surface area contributed by atoms with Gasteiger partial charge >= 0.3 is 0 Å². The first-order chi connectivity index (χ1) is 11.2. The molecule has 0 amide bonds. The summed E-state index contributed by atoms with van der Waals surface area (Å²) in [5.74, 6) is 0. The summed E-state index contributed by atoms with van der Waals surface area (Å²) < 4.78 is 2.06. The first-order valence-electron chi connectivity index (χ1n) is 6.95. The third kappa shape index (κ3) is 2.63. The van der Waals surface area contributed by atoms with Crippen LogP contribution in [0, 0.1) is 0 Å². The van der Waals surface area contributed by atoms with Gasteiger partial charge in [-0.1, -0.05) is 47.5 Å². The molecule has 4 aromatic rings. The molecule has 0 radical (unpaired) electrons. The van der Waals surface area contributed by atoms with Gasteiger partial charge in [-0.2, -0.15) is 5.10 Å². The highest BCUT2D eigenvalue weighted by Crippen LogP contribution is 2.40. The molecule has 0 saturated heterocycles. The summed E-state index contributed by atoms with van der Waals surface area (Å²) in [7, 11) is 0. The fourth-order valence-electron chi connectivity index (χ4n) is 2.52. The Hall–Kier alpha value is -1.88. The average Bonchev–Trinajstić information content (AvgIpc) is 3.20. The Balaban J connectivity index is 1.94. The van der Waals surface area contributed by atoms with Crippen molar-refractivity contribution in [2.24, 2.45) is 0 Å². The molecule has 0 spiro atoms. The normalized spacial score (nSPS) is 11.2. The molecule has 0 aliphatic heterocycles. The molecule has 6 heteroatoms. The van der Waals surface area contributed by atoms with Crippen LogP contribution in [-0.4, -0.2) is 14.2 Å². The van der Waals surface area contributed by atoms with Crippen LogP contribution in [0.3, 0.4) is 0 Å². The van der Waals surface area contributed by atoms with E-state index >= 15 is 0 Å². The van der Waals surface area contributed by atoms with E-state index in [1.54, 1.807) is 18.1 Å². The van der Waals surface area contributed by atoms with E-state index < -0.39 is 0 Å². The molecule has 1 N–H and O–H groups in total. The first-order valence-corrected chi connectivity index (χ1v) is 8.48. The Morgan fingerprint density at radius 1 is 1.04 bits per heavy atom. The second-order valence-corrected chi connectivity index (χ2v) is 6.85. The molecule has 0 fully saturated rings. The lowest BCUT2D eigenvalue weighted by atomic mass is 10.1.